The molecule has 9 heteroatoms. The number of benzene rings is 2. The Morgan fingerprint density at radius 3 is 2.59 bits per heavy atom. The zero-order valence-corrected chi connectivity index (χ0v) is 17.4. The Balaban J connectivity index is 1.68. The molecule has 0 fully saturated rings. The summed E-state index contributed by atoms with van der Waals surface area (Å²) in [5.41, 5.74) is 0.806. The summed E-state index contributed by atoms with van der Waals surface area (Å²) in [4.78, 5) is 12.5. The minimum atomic E-state index is -3.87. The van der Waals surface area contributed by atoms with Crippen LogP contribution < -0.4 is 19.5 Å². The van der Waals surface area contributed by atoms with Crippen molar-refractivity contribution < 1.29 is 27.4 Å². The van der Waals surface area contributed by atoms with Crippen LogP contribution in [0.2, 0.25) is 0 Å². The molecule has 0 saturated heterocycles. The summed E-state index contributed by atoms with van der Waals surface area (Å²) in [5.74, 6) is 1.10. The van der Waals surface area contributed by atoms with Crippen molar-refractivity contribution >= 4 is 15.9 Å². The van der Waals surface area contributed by atoms with Crippen LogP contribution >= 0.6 is 0 Å². The molecule has 1 heterocycles. The van der Waals surface area contributed by atoms with Gasteiger partial charge in [0.1, 0.15) is 19.0 Å². The van der Waals surface area contributed by atoms with Crippen LogP contribution in [0.3, 0.4) is 0 Å². The number of carbonyl (C=O) groups is 1. The van der Waals surface area contributed by atoms with Crippen LogP contribution in [-0.2, 0) is 14.8 Å². The van der Waals surface area contributed by atoms with Gasteiger partial charge in [-0.25, -0.2) is 8.42 Å². The molecule has 1 aliphatic heterocycles. The molecule has 8 nitrogen and oxygen atoms in total. The fourth-order valence-electron chi connectivity index (χ4n) is 3.04. The summed E-state index contributed by atoms with van der Waals surface area (Å²) in [6, 6.07) is 11.4. The van der Waals surface area contributed by atoms with Crippen LogP contribution in [0.1, 0.15) is 18.5 Å². The second-order valence-electron chi connectivity index (χ2n) is 6.60. The van der Waals surface area contributed by atoms with Crippen LogP contribution in [-0.4, -0.2) is 52.5 Å². The summed E-state index contributed by atoms with van der Waals surface area (Å²) in [6.45, 7) is 2.26. The van der Waals surface area contributed by atoms with E-state index in [4.69, 9.17) is 14.2 Å². The Labute approximate surface area is 170 Å². The van der Waals surface area contributed by atoms with Gasteiger partial charge in [-0.15, -0.1) is 0 Å². The molecule has 1 aliphatic rings. The van der Waals surface area contributed by atoms with E-state index in [0.29, 0.717) is 30.5 Å². The maximum absolute atomic E-state index is 12.8. The molecule has 156 valence electrons. The lowest BCUT2D eigenvalue weighted by Gasteiger charge is -2.22. The number of fused-ring (bicyclic) bond motifs is 1. The summed E-state index contributed by atoms with van der Waals surface area (Å²) < 4.78 is 42.8. The highest BCUT2D eigenvalue weighted by Gasteiger charge is 2.26. The van der Waals surface area contributed by atoms with Gasteiger partial charge in [0, 0.05) is 18.7 Å². The molecular weight excluding hydrogens is 396 g/mol. The first-order valence-corrected chi connectivity index (χ1v) is 10.5. The van der Waals surface area contributed by atoms with Crippen molar-refractivity contribution in [1.82, 2.24) is 9.62 Å². The normalized spacial score (nSPS) is 14.3. The SMILES string of the molecule is COc1ccccc1C(C)NC(=O)CN(C)S(=O)(=O)c1ccc2c(c1)OCCO2. The molecule has 0 radical (unpaired) electrons. The summed E-state index contributed by atoms with van der Waals surface area (Å²) in [7, 11) is -0.951. The monoisotopic (exact) mass is 420 g/mol. The molecule has 0 saturated carbocycles. The number of rotatable bonds is 7. The molecule has 1 unspecified atom stereocenters. The summed E-state index contributed by atoms with van der Waals surface area (Å²) >= 11 is 0. The molecule has 1 amide bonds. The van der Waals surface area contributed by atoms with Crippen molar-refractivity contribution in [2.45, 2.75) is 17.9 Å². The maximum atomic E-state index is 12.8. The summed E-state index contributed by atoms with van der Waals surface area (Å²) in [5, 5.41) is 2.81. The second kappa shape index (κ2) is 8.71. The molecule has 3 rings (SSSR count). The Bertz CT molecular complexity index is 992. The van der Waals surface area contributed by atoms with E-state index < -0.39 is 15.9 Å². The van der Waals surface area contributed by atoms with Gasteiger partial charge in [-0.1, -0.05) is 18.2 Å². The lowest BCUT2D eigenvalue weighted by atomic mass is 10.1. The minimum absolute atomic E-state index is 0.0369. The molecule has 2 aromatic rings. The zero-order valence-electron chi connectivity index (χ0n) is 16.5. The van der Waals surface area contributed by atoms with E-state index >= 15 is 0 Å². The van der Waals surface area contributed by atoms with Crippen molar-refractivity contribution in [2.75, 3.05) is 33.9 Å². The molecule has 2 aromatic carbocycles. The van der Waals surface area contributed by atoms with Crippen molar-refractivity contribution in [3.05, 3.63) is 48.0 Å². The Morgan fingerprint density at radius 1 is 1.17 bits per heavy atom. The number of likely N-dealkylation sites (N-methyl/N-ethyl adjacent to an activating group) is 1. The molecule has 29 heavy (non-hydrogen) atoms. The third-order valence-corrected chi connectivity index (χ3v) is 6.37. The lowest BCUT2D eigenvalue weighted by molar-refractivity contribution is -0.121. The van der Waals surface area contributed by atoms with E-state index in [-0.39, 0.29) is 17.5 Å². The van der Waals surface area contributed by atoms with Gasteiger partial charge in [0.05, 0.1) is 24.6 Å². The lowest BCUT2D eigenvalue weighted by Crippen LogP contribution is -2.39. The Kier molecular flexibility index (Phi) is 6.29. The van der Waals surface area contributed by atoms with Gasteiger partial charge in [-0.3, -0.25) is 4.79 Å². The number of nitrogens with one attached hydrogen (secondary N) is 1. The Morgan fingerprint density at radius 2 is 1.86 bits per heavy atom. The van der Waals surface area contributed by atoms with E-state index in [1.165, 1.54) is 19.2 Å². The first-order valence-electron chi connectivity index (χ1n) is 9.11. The summed E-state index contributed by atoms with van der Waals surface area (Å²) in [6.07, 6.45) is 0. The van der Waals surface area contributed by atoms with Crippen LogP contribution in [0.5, 0.6) is 17.2 Å². The number of ether oxygens (including phenoxy) is 3. The van der Waals surface area contributed by atoms with Crippen molar-refractivity contribution in [3.8, 4) is 17.2 Å². The van der Waals surface area contributed by atoms with Gasteiger partial charge in [-0.2, -0.15) is 4.31 Å². The van der Waals surface area contributed by atoms with Gasteiger partial charge in [-0.05, 0) is 25.1 Å². The second-order valence-corrected chi connectivity index (χ2v) is 8.64. The minimum Gasteiger partial charge on any atom is -0.496 e. The molecule has 0 aromatic heterocycles. The van der Waals surface area contributed by atoms with Gasteiger partial charge in [0.25, 0.3) is 0 Å². The molecular formula is C20H24N2O6S. The zero-order chi connectivity index (χ0) is 21.0. The molecule has 0 spiro atoms. The topological polar surface area (TPSA) is 94.2 Å². The third-order valence-electron chi connectivity index (χ3n) is 4.57. The van der Waals surface area contributed by atoms with Crippen molar-refractivity contribution in [1.29, 1.82) is 0 Å². The van der Waals surface area contributed by atoms with Crippen molar-refractivity contribution in [3.63, 3.8) is 0 Å². The number of para-hydroxylation sites is 1. The van der Waals surface area contributed by atoms with E-state index in [0.717, 1.165) is 9.87 Å². The molecule has 1 atom stereocenters. The highest BCUT2D eigenvalue weighted by Crippen LogP contribution is 2.33. The van der Waals surface area contributed by atoms with Crippen molar-refractivity contribution in [2.24, 2.45) is 0 Å². The van der Waals surface area contributed by atoms with E-state index in [1.54, 1.807) is 19.2 Å². The van der Waals surface area contributed by atoms with Gasteiger partial charge in [0.15, 0.2) is 11.5 Å². The number of hydrogen-bond donors (Lipinski definition) is 1. The fourth-order valence-corrected chi connectivity index (χ4v) is 4.18. The fraction of sp³-hybridized carbons (Fsp3) is 0.350. The number of hydrogen-bond acceptors (Lipinski definition) is 6. The predicted molar refractivity (Wildman–Crippen MR) is 107 cm³/mol. The highest BCUT2D eigenvalue weighted by molar-refractivity contribution is 7.89. The van der Waals surface area contributed by atoms with Crippen LogP contribution in [0.15, 0.2) is 47.4 Å². The van der Waals surface area contributed by atoms with Crippen LogP contribution in [0.25, 0.3) is 0 Å². The number of amides is 1. The molecule has 0 aliphatic carbocycles. The number of methoxy groups -OCH3 is 1. The molecule has 0 bridgehead atoms. The van der Waals surface area contributed by atoms with Crippen LogP contribution in [0, 0.1) is 0 Å². The number of sulfonamides is 1. The van der Waals surface area contributed by atoms with Gasteiger partial charge in [0.2, 0.25) is 15.9 Å². The average Bonchev–Trinajstić information content (AvgIpc) is 2.73. The Hall–Kier alpha value is -2.78. The maximum Gasteiger partial charge on any atom is 0.243 e. The van der Waals surface area contributed by atoms with E-state index in [2.05, 4.69) is 5.32 Å². The van der Waals surface area contributed by atoms with E-state index in [9.17, 15) is 13.2 Å². The first kappa shape index (κ1) is 20.9. The first-order chi connectivity index (χ1) is 13.8. The molecule has 1 N–H and O–H groups in total. The van der Waals surface area contributed by atoms with Crippen LogP contribution in [0.4, 0.5) is 0 Å². The highest BCUT2D eigenvalue weighted by atomic mass is 32.2. The van der Waals surface area contributed by atoms with E-state index in [1.807, 2.05) is 25.1 Å². The largest absolute Gasteiger partial charge is 0.496 e. The average molecular weight is 420 g/mol. The number of carbonyl (C=O) groups excluding carboxylic acids is 1. The predicted octanol–water partition coefficient (Wildman–Crippen LogP) is 1.96. The number of nitrogens with zero attached hydrogens (tertiary/aromatic N) is 1. The smallest absolute Gasteiger partial charge is 0.243 e. The van der Waals surface area contributed by atoms with Gasteiger partial charge >= 0.3 is 0 Å². The quantitative estimate of drug-likeness (QED) is 0.736. The standard InChI is InChI=1S/C20H24N2O6S/c1-14(16-6-4-5-7-17(16)26-3)21-20(23)13-22(2)29(24,25)15-8-9-18-19(12-15)28-11-10-27-18/h4-9,12,14H,10-11,13H2,1-3H3,(H,21,23). The third kappa shape index (κ3) is 4.63. The van der Waals surface area contributed by atoms with Gasteiger partial charge < -0.3 is 19.5 Å².